The molecule has 5 nitrogen and oxygen atoms in total. The number of hydrogen-bond acceptors (Lipinski definition) is 5. The van der Waals surface area contributed by atoms with Crippen molar-refractivity contribution < 1.29 is 9.59 Å². The molecule has 0 aliphatic carbocycles. The molecule has 0 fully saturated rings. The van der Waals surface area contributed by atoms with Crippen molar-refractivity contribution >= 4 is 33.2 Å². The van der Waals surface area contributed by atoms with Gasteiger partial charge in [-0.2, -0.15) is 0 Å². The summed E-state index contributed by atoms with van der Waals surface area (Å²) in [5.41, 5.74) is 6.90. The summed E-state index contributed by atoms with van der Waals surface area (Å²) in [5.74, 6) is -0.398. The number of ketones is 1. The Balaban J connectivity index is 0.00000136. The zero-order valence-corrected chi connectivity index (χ0v) is 17.2. The summed E-state index contributed by atoms with van der Waals surface area (Å²) in [4.78, 5) is 29.9. The number of aromatic nitrogens is 1. The van der Waals surface area contributed by atoms with Gasteiger partial charge in [-0.25, -0.2) is 4.98 Å². The summed E-state index contributed by atoms with van der Waals surface area (Å²) in [6, 6.07) is 15.9. The van der Waals surface area contributed by atoms with Crippen LogP contribution in [0.1, 0.15) is 53.3 Å². The molecule has 3 aromatic rings. The number of amides is 1. The maximum Gasteiger partial charge on any atom is 0.251 e. The van der Waals surface area contributed by atoms with Crippen LogP contribution in [-0.2, 0) is 0 Å². The average molecular weight is 398 g/mol. The van der Waals surface area contributed by atoms with Gasteiger partial charge in [-0.15, -0.1) is 11.3 Å². The van der Waals surface area contributed by atoms with Crippen molar-refractivity contribution in [3.63, 3.8) is 0 Å². The summed E-state index contributed by atoms with van der Waals surface area (Å²) < 4.78 is 0.964. The normalized spacial score (nSPS) is 11.4. The van der Waals surface area contributed by atoms with E-state index in [1.165, 1.54) is 11.3 Å². The molecule has 0 saturated carbocycles. The molecule has 2 aromatic carbocycles. The average Bonchev–Trinajstić information content (AvgIpc) is 3.19. The second-order valence-corrected chi connectivity index (χ2v) is 7.06. The van der Waals surface area contributed by atoms with Gasteiger partial charge in [0.2, 0.25) is 5.78 Å². The van der Waals surface area contributed by atoms with Crippen LogP contribution in [0.15, 0.2) is 54.6 Å². The molecule has 0 spiro atoms. The molecule has 0 bridgehead atoms. The van der Waals surface area contributed by atoms with Gasteiger partial charge in [0.25, 0.3) is 5.91 Å². The van der Waals surface area contributed by atoms with Gasteiger partial charge in [0.05, 0.1) is 16.3 Å². The first kappa shape index (κ1) is 21.7. The number of nitrogens with one attached hydrogen (secondary N) is 1. The van der Waals surface area contributed by atoms with Crippen molar-refractivity contribution in [2.24, 2.45) is 5.73 Å². The van der Waals surface area contributed by atoms with Crippen LogP contribution in [0.5, 0.6) is 0 Å². The lowest BCUT2D eigenvalue weighted by molar-refractivity contribution is 0.0851. The van der Waals surface area contributed by atoms with Gasteiger partial charge in [0, 0.05) is 5.56 Å². The van der Waals surface area contributed by atoms with Crippen molar-refractivity contribution in [1.82, 2.24) is 10.3 Å². The highest BCUT2D eigenvalue weighted by Crippen LogP contribution is 2.23. The van der Waals surface area contributed by atoms with Crippen molar-refractivity contribution in [2.75, 3.05) is 6.54 Å². The van der Waals surface area contributed by atoms with Gasteiger partial charge in [0.1, 0.15) is 0 Å². The van der Waals surface area contributed by atoms with Crippen LogP contribution in [0, 0.1) is 0 Å². The van der Waals surface area contributed by atoms with E-state index in [1.54, 1.807) is 24.3 Å². The molecule has 1 atom stereocenters. The van der Waals surface area contributed by atoms with E-state index < -0.39 is 6.04 Å². The number of nitrogens with two attached hydrogens (primary N) is 1. The number of para-hydroxylation sites is 1. The quantitative estimate of drug-likeness (QED) is 0.435. The van der Waals surface area contributed by atoms with Gasteiger partial charge in [-0.3, -0.25) is 9.59 Å². The van der Waals surface area contributed by atoms with E-state index >= 15 is 0 Å². The van der Waals surface area contributed by atoms with Crippen LogP contribution in [0.4, 0.5) is 0 Å². The van der Waals surface area contributed by atoms with E-state index in [0.29, 0.717) is 23.5 Å². The largest absolute Gasteiger partial charge is 0.342 e. The fourth-order valence-corrected chi connectivity index (χ4v) is 3.68. The standard InChI is InChI=1S/C20H21N3O2S.C2H6/c21-13-7-6-11-16(22-19(25)14-8-2-1-3-9-14)18(24)20-23-15-10-4-5-12-17(15)26-20;1-2/h1-5,8-10,12,16H,6-7,11,13,21H2,(H,22,25);1-2H3. The van der Waals surface area contributed by atoms with E-state index in [2.05, 4.69) is 10.3 Å². The minimum absolute atomic E-state index is 0.146. The predicted octanol–water partition coefficient (Wildman–Crippen LogP) is 4.43. The van der Waals surface area contributed by atoms with Crippen LogP contribution in [0.25, 0.3) is 10.2 Å². The number of carbonyl (C=O) groups is 2. The summed E-state index contributed by atoms with van der Waals surface area (Å²) in [5, 5.41) is 3.30. The number of nitrogens with zero attached hydrogens (tertiary/aromatic N) is 1. The lowest BCUT2D eigenvalue weighted by atomic mass is 10.0. The number of hydrogen-bond donors (Lipinski definition) is 2. The minimum atomic E-state index is -0.602. The Morgan fingerprint density at radius 2 is 1.71 bits per heavy atom. The zero-order valence-electron chi connectivity index (χ0n) is 16.4. The smallest absolute Gasteiger partial charge is 0.251 e. The fourth-order valence-electron chi connectivity index (χ4n) is 2.72. The number of Topliss-reactive ketones (excluding diaryl/α,β-unsaturated/α-hetero) is 1. The molecule has 3 rings (SSSR count). The Morgan fingerprint density at radius 3 is 2.39 bits per heavy atom. The van der Waals surface area contributed by atoms with E-state index in [9.17, 15) is 9.59 Å². The molecule has 1 aromatic heterocycles. The predicted molar refractivity (Wildman–Crippen MR) is 116 cm³/mol. The van der Waals surface area contributed by atoms with E-state index in [-0.39, 0.29) is 11.7 Å². The van der Waals surface area contributed by atoms with Crippen molar-refractivity contribution in [1.29, 1.82) is 0 Å². The Labute approximate surface area is 170 Å². The highest BCUT2D eigenvalue weighted by atomic mass is 32.1. The second kappa shape index (κ2) is 11.3. The fraction of sp³-hybridized carbons (Fsp3) is 0.318. The van der Waals surface area contributed by atoms with Crippen LogP contribution >= 0.6 is 11.3 Å². The summed E-state index contributed by atoms with van der Waals surface area (Å²) >= 11 is 1.36. The third-order valence-electron chi connectivity index (χ3n) is 4.11. The van der Waals surface area contributed by atoms with E-state index in [0.717, 1.165) is 23.1 Å². The first-order valence-electron chi connectivity index (χ1n) is 9.65. The summed E-state index contributed by atoms with van der Waals surface area (Å²) in [7, 11) is 0. The summed E-state index contributed by atoms with van der Waals surface area (Å²) in [6.07, 6.45) is 2.13. The highest BCUT2D eigenvalue weighted by molar-refractivity contribution is 7.20. The topological polar surface area (TPSA) is 85.1 Å². The van der Waals surface area contributed by atoms with Crippen LogP contribution < -0.4 is 11.1 Å². The number of thiazole rings is 1. The SMILES string of the molecule is CC.NCCCCC(NC(=O)c1ccccc1)C(=O)c1nc2ccccc2s1. The second-order valence-electron chi connectivity index (χ2n) is 6.03. The monoisotopic (exact) mass is 397 g/mol. The molecule has 1 amide bonds. The molecule has 0 aliphatic heterocycles. The summed E-state index contributed by atoms with van der Waals surface area (Å²) in [6.45, 7) is 4.56. The van der Waals surface area contributed by atoms with Crippen LogP contribution in [0.2, 0.25) is 0 Å². The molecule has 0 radical (unpaired) electrons. The number of unbranched alkanes of at least 4 members (excludes halogenated alkanes) is 1. The molecule has 28 heavy (non-hydrogen) atoms. The molecule has 0 aliphatic rings. The molecular formula is C22H27N3O2S. The van der Waals surface area contributed by atoms with Crippen molar-refractivity contribution in [3.8, 4) is 0 Å². The lowest BCUT2D eigenvalue weighted by Crippen LogP contribution is -2.41. The van der Waals surface area contributed by atoms with Gasteiger partial charge in [0.15, 0.2) is 5.01 Å². The Kier molecular flexibility index (Phi) is 8.78. The van der Waals surface area contributed by atoms with Crippen LogP contribution in [-0.4, -0.2) is 29.3 Å². The molecule has 3 N–H and O–H groups in total. The third kappa shape index (κ3) is 5.71. The third-order valence-corrected chi connectivity index (χ3v) is 5.16. The van der Waals surface area contributed by atoms with Crippen LogP contribution in [0.3, 0.4) is 0 Å². The Morgan fingerprint density at radius 1 is 1.04 bits per heavy atom. The Bertz CT molecular complexity index is 860. The lowest BCUT2D eigenvalue weighted by Gasteiger charge is -2.16. The molecule has 0 saturated heterocycles. The van der Waals surface area contributed by atoms with Crippen molar-refractivity contribution in [3.05, 3.63) is 65.2 Å². The van der Waals surface area contributed by atoms with Gasteiger partial charge >= 0.3 is 0 Å². The van der Waals surface area contributed by atoms with E-state index in [1.807, 2.05) is 44.2 Å². The highest BCUT2D eigenvalue weighted by Gasteiger charge is 2.25. The minimum Gasteiger partial charge on any atom is -0.342 e. The number of carbonyl (C=O) groups excluding carboxylic acids is 2. The first-order chi connectivity index (χ1) is 13.7. The molecule has 148 valence electrons. The number of benzene rings is 2. The zero-order chi connectivity index (χ0) is 20.4. The molecule has 1 unspecified atom stereocenters. The number of fused-ring (bicyclic) bond motifs is 1. The van der Waals surface area contributed by atoms with Gasteiger partial charge in [-0.1, -0.05) is 44.2 Å². The van der Waals surface area contributed by atoms with Gasteiger partial charge in [-0.05, 0) is 50.1 Å². The molecular weight excluding hydrogens is 370 g/mol. The maximum atomic E-state index is 13.0. The molecule has 1 heterocycles. The first-order valence-corrected chi connectivity index (χ1v) is 10.5. The maximum absolute atomic E-state index is 13.0. The van der Waals surface area contributed by atoms with E-state index in [4.69, 9.17) is 5.73 Å². The van der Waals surface area contributed by atoms with Crippen molar-refractivity contribution in [2.45, 2.75) is 39.2 Å². The Hall–Kier alpha value is -2.57. The molecule has 6 heteroatoms. The number of rotatable bonds is 8. The van der Waals surface area contributed by atoms with Gasteiger partial charge < -0.3 is 11.1 Å².